The Labute approximate surface area is 110 Å². The molecule has 100 valence electrons. The molecule has 0 aliphatic carbocycles. The predicted molar refractivity (Wildman–Crippen MR) is 74.1 cm³/mol. The molecule has 1 aromatic rings. The van der Waals surface area contributed by atoms with Crippen LogP contribution in [0.3, 0.4) is 0 Å². The van der Waals surface area contributed by atoms with Crippen molar-refractivity contribution < 1.29 is 0 Å². The van der Waals surface area contributed by atoms with Crippen LogP contribution in [-0.2, 0) is 13.1 Å². The minimum Gasteiger partial charge on any atom is -0.325 e. The Hall–Kier alpha value is -0.970. The quantitative estimate of drug-likeness (QED) is 0.865. The molecule has 1 fully saturated rings. The molecule has 0 saturated carbocycles. The van der Waals surface area contributed by atoms with Gasteiger partial charge in [0.15, 0.2) is 0 Å². The largest absolute Gasteiger partial charge is 0.325 e. The lowest BCUT2D eigenvalue weighted by atomic mass is 10.1. The van der Waals surface area contributed by atoms with Crippen LogP contribution < -0.4 is 5.73 Å². The summed E-state index contributed by atoms with van der Waals surface area (Å²) >= 11 is 0. The van der Waals surface area contributed by atoms with E-state index in [4.69, 9.17) is 5.73 Å². The van der Waals surface area contributed by atoms with Crippen molar-refractivity contribution in [3.05, 3.63) is 29.6 Å². The summed E-state index contributed by atoms with van der Waals surface area (Å²) in [5, 5.41) is 0. The van der Waals surface area contributed by atoms with E-state index in [2.05, 4.69) is 34.8 Å². The van der Waals surface area contributed by atoms with Gasteiger partial charge in [0.25, 0.3) is 0 Å². The number of hydrogen-bond donors (Lipinski definition) is 1. The van der Waals surface area contributed by atoms with Crippen molar-refractivity contribution >= 4 is 0 Å². The average Bonchev–Trinajstić information content (AvgIpc) is 2.41. The Morgan fingerprint density at radius 1 is 1.44 bits per heavy atom. The van der Waals surface area contributed by atoms with E-state index < -0.39 is 0 Å². The van der Waals surface area contributed by atoms with Crippen LogP contribution in [0.5, 0.6) is 0 Å². The van der Waals surface area contributed by atoms with Crippen LogP contribution in [0.25, 0.3) is 0 Å². The average molecular weight is 248 g/mol. The topological polar surface area (TPSA) is 45.4 Å². The van der Waals surface area contributed by atoms with E-state index in [1.54, 1.807) is 0 Å². The molecule has 0 spiro atoms. The third kappa shape index (κ3) is 3.07. The second kappa shape index (κ2) is 6.27. The molecule has 18 heavy (non-hydrogen) atoms. The van der Waals surface area contributed by atoms with Gasteiger partial charge < -0.3 is 10.6 Å². The molecule has 2 N–H and O–H groups in total. The number of likely N-dealkylation sites (N-methyl/N-ethyl adjacent to an activating group) is 1. The molecule has 0 radical (unpaired) electrons. The molecule has 1 saturated heterocycles. The highest BCUT2D eigenvalue weighted by atomic mass is 15.3. The van der Waals surface area contributed by atoms with E-state index in [-0.39, 0.29) is 0 Å². The predicted octanol–water partition coefficient (Wildman–Crippen LogP) is 1.07. The zero-order chi connectivity index (χ0) is 13.0. The van der Waals surface area contributed by atoms with Gasteiger partial charge in [-0.05, 0) is 25.1 Å². The van der Waals surface area contributed by atoms with Gasteiger partial charge in [0.2, 0.25) is 0 Å². The highest BCUT2D eigenvalue weighted by molar-refractivity contribution is 5.19. The maximum Gasteiger partial charge on any atom is 0.0584 e. The SMILES string of the molecule is CCC1CN(Cc2cccnc2CN)CCN1C. The summed E-state index contributed by atoms with van der Waals surface area (Å²) in [7, 11) is 2.22. The van der Waals surface area contributed by atoms with E-state index in [1.165, 1.54) is 12.0 Å². The van der Waals surface area contributed by atoms with Crippen LogP contribution in [0, 0.1) is 0 Å². The van der Waals surface area contributed by atoms with E-state index in [0.29, 0.717) is 12.6 Å². The van der Waals surface area contributed by atoms with E-state index >= 15 is 0 Å². The molecule has 1 atom stereocenters. The molecule has 0 amide bonds. The van der Waals surface area contributed by atoms with Crippen molar-refractivity contribution in [2.45, 2.75) is 32.5 Å². The van der Waals surface area contributed by atoms with Crippen LogP contribution in [0.1, 0.15) is 24.6 Å². The standard InChI is InChI=1S/C14H24N4/c1-3-13-11-18(8-7-17(13)2)10-12-5-4-6-16-14(12)9-15/h4-6,13H,3,7-11,15H2,1-2H3. The second-order valence-electron chi connectivity index (χ2n) is 5.09. The minimum atomic E-state index is 0.529. The van der Waals surface area contributed by atoms with Crippen LogP contribution in [-0.4, -0.2) is 47.5 Å². The summed E-state index contributed by atoms with van der Waals surface area (Å²) in [5.74, 6) is 0. The molecule has 0 bridgehead atoms. The van der Waals surface area contributed by atoms with Crippen molar-refractivity contribution in [3.63, 3.8) is 0 Å². The van der Waals surface area contributed by atoms with Gasteiger partial charge in [-0.1, -0.05) is 13.0 Å². The lowest BCUT2D eigenvalue weighted by molar-refractivity contribution is 0.0881. The molecule has 2 rings (SSSR count). The van der Waals surface area contributed by atoms with Crippen LogP contribution in [0.2, 0.25) is 0 Å². The lowest BCUT2D eigenvalue weighted by Gasteiger charge is -2.39. The lowest BCUT2D eigenvalue weighted by Crippen LogP contribution is -2.50. The number of nitrogens with two attached hydrogens (primary N) is 1. The first-order valence-corrected chi connectivity index (χ1v) is 6.80. The van der Waals surface area contributed by atoms with Gasteiger partial charge in [-0.25, -0.2) is 0 Å². The van der Waals surface area contributed by atoms with Crippen molar-refractivity contribution in [2.24, 2.45) is 5.73 Å². The van der Waals surface area contributed by atoms with E-state index in [0.717, 1.165) is 31.9 Å². The summed E-state index contributed by atoms with van der Waals surface area (Å²) in [4.78, 5) is 9.33. The Balaban J connectivity index is 2.01. The van der Waals surface area contributed by atoms with Gasteiger partial charge in [0.1, 0.15) is 0 Å². The fourth-order valence-corrected chi connectivity index (χ4v) is 2.63. The fraction of sp³-hybridized carbons (Fsp3) is 0.643. The van der Waals surface area contributed by atoms with Crippen LogP contribution in [0.4, 0.5) is 0 Å². The highest BCUT2D eigenvalue weighted by Gasteiger charge is 2.23. The first-order valence-electron chi connectivity index (χ1n) is 6.80. The molecule has 4 nitrogen and oxygen atoms in total. The first kappa shape index (κ1) is 13.5. The van der Waals surface area contributed by atoms with Crippen LogP contribution in [0.15, 0.2) is 18.3 Å². The fourth-order valence-electron chi connectivity index (χ4n) is 2.63. The smallest absolute Gasteiger partial charge is 0.0584 e. The molecule has 0 aromatic carbocycles. The summed E-state index contributed by atoms with van der Waals surface area (Å²) in [6.45, 7) is 7.19. The molecule has 1 unspecified atom stereocenters. The molecule has 1 aromatic heterocycles. The molecule has 1 aliphatic heterocycles. The summed E-state index contributed by atoms with van der Waals surface area (Å²) in [6.07, 6.45) is 3.04. The molecular formula is C14H24N4. The molecular weight excluding hydrogens is 224 g/mol. The Morgan fingerprint density at radius 3 is 3.00 bits per heavy atom. The third-order valence-corrected chi connectivity index (χ3v) is 3.90. The van der Waals surface area contributed by atoms with Crippen LogP contribution >= 0.6 is 0 Å². The number of aromatic nitrogens is 1. The minimum absolute atomic E-state index is 0.529. The monoisotopic (exact) mass is 248 g/mol. The Morgan fingerprint density at radius 2 is 2.28 bits per heavy atom. The number of pyridine rings is 1. The van der Waals surface area contributed by atoms with Crippen molar-refractivity contribution in [3.8, 4) is 0 Å². The zero-order valence-corrected chi connectivity index (χ0v) is 11.5. The molecule has 2 heterocycles. The highest BCUT2D eigenvalue weighted by Crippen LogP contribution is 2.15. The maximum absolute atomic E-state index is 5.74. The molecule has 1 aliphatic rings. The maximum atomic E-state index is 5.74. The van der Waals surface area contributed by atoms with Gasteiger partial charge in [0.05, 0.1) is 5.69 Å². The summed E-state index contributed by atoms with van der Waals surface area (Å²) < 4.78 is 0. The molecule has 4 heteroatoms. The zero-order valence-electron chi connectivity index (χ0n) is 11.5. The number of hydrogen-bond acceptors (Lipinski definition) is 4. The summed E-state index contributed by atoms with van der Waals surface area (Å²) in [5.41, 5.74) is 8.05. The van der Waals surface area contributed by atoms with Crippen molar-refractivity contribution in [2.75, 3.05) is 26.7 Å². The van der Waals surface area contributed by atoms with Gasteiger partial charge in [0, 0.05) is 45.0 Å². The van der Waals surface area contributed by atoms with E-state index in [1.807, 2.05) is 12.3 Å². The van der Waals surface area contributed by atoms with Gasteiger partial charge in [-0.15, -0.1) is 0 Å². The number of piperazine rings is 1. The number of rotatable bonds is 4. The number of nitrogens with zero attached hydrogens (tertiary/aromatic N) is 3. The summed E-state index contributed by atoms with van der Waals surface area (Å²) in [6, 6.07) is 4.83. The third-order valence-electron chi connectivity index (χ3n) is 3.90. The Kier molecular flexibility index (Phi) is 4.69. The second-order valence-corrected chi connectivity index (χ2v) is 5.09. The first-order chi connectivity index (χ1) is 8.74. The van der Waals surface area contributed by atoms with Crippen molar-refractivity contribution in [1.29, 1.82) is 0 Å². The van der Waals surface area contributed by atoms with Gasteiger partial charge in [-0.3, -0.25) is 9.88 Å². The van der Waals surface area contributed by atoms with E-state index in [9.17, 15) is 0 Å². The van der Waals surface area contributed by atoms with Crippen molar-refractivity contribution in [1.82, 2.24) is 14.8 Å². The van der Waals surface area contributed by atoms with Gasteiger partial charge >= 0.3 is 0 Å². The normalized spacial score (nSPS) is 22.3. The Bertz CT molecular complexity index is 380. The van der Waals surface area contributed by atoms with Gasteiger partial charge in [-0.2, -0.15) is 0 Å².